The van der Waals surface area contributed by atoms with E-state index in [2.05, 4.69) is 15.5 Å². The normalized spacial score (nSPS) is 14.0. The number of amides is 1. The molecule has 7 nitrogen and oxygen atoms in total. The number of methoxy groups -OCH3 is 1. The van der Waals surface area contributed by atoms with E-state index in [1.54, 1.807) is 20.2 Å². The Labute approximate surface area is 122 Å². The molecule has 21 heavy (non-hydrogen) atoms. The number of carbonyl (C=O) groups excluding carboxylic acids is 1. The third-order valence-electron chi connectivity index (χ3n) is 3.70. The van der Waals surface area contributed by atoms with E-state index in [9.17, 15) is 4.79 Å². The molecule has 1 N–H and O–H groups in total. The number of nitrogens with zero attached hydrogens (tertiary/aromatic N) is 3. The molecule has 0 aromatic carbocycles. The number of fused-ring (bicyclic) bond motifs is 1. The molecular weight excluding hydrogens is 272 g/mol. The third-order valence-corrected chi connectivity index (χ3v) is 3.70. The van der Waals surface area contributed by atoms with Crippen molar-refractivity contribution in [1.29, 1.82) is 0 Å². The molecule has 2 aromatic rings. The summed E-state index contributed by atoms with van der Waals surface area (Å²) < 4.78 is 12.2. The molecule has 0 unspecified atom stereocenters. The number of aryl methyl sites for hydroxylation is 2. The number of hydrogen-bond acceptors (Lipinski definition) is 5. The number of nitrogens with one attached hydrogen (secondary N) is 1. The van der Waals surface area contributed by atoms with Crippen LogP contribution in [0.5, 0.6) is 0 Å². The molecule has 0 radical (unpaired) electrons. The summed E-state index contributed by atoms with van der Waals surface area (Å²) in [6.07, 6.45) is 4.89. The molecule has 112 valence electrons. The Morgan fingerprint density at radius 2 is 2.38 bits per heavy atom. The molecule has 7 heteroatoms. The maximum atomic E-state index is 12.4. The Bertz CT molecular complexity index is 659. The molecule has 0 fully saturated rings. The summed E-state index contributed by atoms with van der Waals surface area (Å²) in [4.78, 5) is 16.7. The second-order valence-electron chi connectivity index (χ2n) is 5.12. The fourth-order valence-electron chi connectivity index (χ4n) is 2.58. The Balaban J connectivity index is 1.82. The van der Waals surface area contributed by atoms with E-state index in [1.165, 1.54) is 0 Å². The first-order valence-corrected chi connectivity index (χ1v) is 7.00. The van der Waals surface area contributed by atoms with Gasteiger partial charge in [-0.05, 0) is 19.8 Å². The summed E-state index contributed by atoms with van der Waals surface area (Å²) in [6, 6.07) is 0. The smallest absolute Gasteiger partial charge is 0.279 e. The van der Waals surface area contributed by atoms with Gasteiger partial charge in [0.05, 0.1) is 18.4 Å². The van der Waals surface area contributed by atoms with Gasteiger partial charge in [0.25, 0.3) is 5.91 Å². The van der Waals surface area contributed by atoms with Crippen LogP contribution in [0, 0.1) is 6.92 Å². The molecule has 1 amide bonds. The highest BCUT2D eigenvalue weighted by atomic mass is 16.5. The summed E-state index contributed by atoms with van der Waals surface area (Å²) in [5.41, 5.74) is 0.939. The summed E-state index contributed by atoms with van der Waals surface area (Å²) in [5, 5.41) is 6.69. The van der Waals surface area contributed by atoms with Gasteiger partial charge >= 0.3 is 0 Å². The van der Waals surface area contributed by atoms with Crippen LogP contribution in [0.25, 0.3) is 0 Å². The van der Waals surface area contributed by atoms with E-state index in [-0.39, 0.29) is 11.6 Å². The van der Waals surface area contributed by atoms with Crippen LogP contribution >= 0.6 is 0 Å². The first kappa shape index (κ1) is 13.8. The van der Waals surface area contributed by atoms with Crippen molar-refractivity contribution in [3.63, 3.8) is 0 Å². The Morgan fingerprint density at radius 3 is 3.19 bits per heavy atom. The van der Waals surface area contributed by atoms with E-state index in [0.717, 1.165) is 31.6 Å². The van der Waals surface area contributed by atoms with Crippen molar-refractivity contribution in [2.24, 2.45) is 0 Å². The van der Waals surface area contributed by atoms with Crippen LogP contribution in [0.4, 0.5) is 5.82 Å². The fourth-order valence-corrected chi connectivity index (χ4v) is 2.58. The molecule has 3 heterocycles. The van der Waals surface area contributed by atoms with Gasteiger partial charge in [-0.2, -0.15) is 0 Å². The van der Waals surface area contributed by atoms with Crippen molar-refractivity contribution >= 4 is 11.7 Å². The van der Waals surface area contributed by atoms with Gasteiger partial charge < -0.3 is 19.1 Å². The van der Waals surface area contributed by atoms with Crippen LogP contribution in [0.15, 0.2) is 10.7 Å². The molecule has 2 aromatic heterocycles. The molecule has 0 aliphatic carbocycles. The van der Waals surface area contributed by atoms with Crippen molar-refractivity contribution in [3.8, 4) is 0 Å². The maximum Gasteiger partial charge on any atom is 0.279 e. The lowest BCUT2D eigenvalue weighted by molar-refractivity contribution is 0.101. The maximum absolute atomic E-state index is 12.4. The van der Waals surface area contributed by atoms with Gasteiger partial charge in [0.1, 0.15) is 17.4 Å². The Kier molecular flexibility index (Phi) is 3.74. The molecule has 0 spiro atoms. The molecule has 0 saturated heterocycles. The predicted octanol–water partition coefficient (Wildman–Crippen LogP) is 1.91. The Hall–Kier alpha value is -2.15. The lowest BCUT2D eigenvalue weighted by Gasteiger charge is -2.16. The van der Waals surface area contributed by atoms with Crippen LogP contribution in [0.3, 0.4) is 0 Å². The van der Waals surface area contributed by atoms with Crippen LogP contribution in [-0.2, 0) is 24.3 Å². The monoisotopic (exact) mass is 290 g/mol. The molecular formula is C14H18N4O3. The first-order valence-electron chi connectivity index (χ1n) is 7.00. The zero-order valence-corrected chi connectivity index (χ0v) is 12.2. The quantitative estimate of drug-likeness (QED) is 0.930. The van der Waals surface area contributed by atoms with E-state index in [4.69, 9.17) is 9.26 Å². The molecule has 1 aliphatic rings. The van der Waals surface area contributed by atoms with Crippen molar-refractivity contribution < 1.29 is 14.1 Å². The van der Waals surface area contributed by atoms with Gasteiger partial charge in [-0.25, -0.2) is 4.98 Å². The molecule has 0 bridgehead atoms. The van der Waals surface area contributed by atoms with Gasteiger partial charge in [-0.1, -0.05) is 5.16 Å². The first-order chi connectivity index (χ1) is 10.2. The molecule has 1 aliphatic heterocycles. The average Bonchev–Trinajstić information content (AvgIpc) is 3.05. The van der Waals surface area contributed by atoms with Crippen molar-refractivity contribution in [2.45, 2.75) is 39.3 Å². The zero-order valence-electron chi connectivity index (χ0n) is 12.2. The number of anilines is 1. The number of rotatable bonds is 4. The minimum atomic E-state index is -0.299. The summed E-state index contributed by atoms with van der Waals surface area (Å²) >= 11 is 0. The number of ether oxygens (including phenoxy) is 1. The molecule has 3 rings (SSSR count). The van der Waals surface area contributed by atoms with Gasteiger partial charge in [0.15, 0.2) is 5.69 Å². The number of hydrogen-bond donors (Lipinski definition) is 1. The van der Waals surface area contributed by atoms with Gasteiger partial charge in [0.2, 0.25) is 0 Å². The minimum Gasteiger partial charge on any atom is -0.380 e. The predicted molar refractivity (Wildman–Crippen MR) is 75.1 cm³/mol. The van der Waals surface area contributed by atoms with E-state index in [0.29, 0.717) is 23.7 Å². The summed E-state index contributed by atoms with van der Waals surface area (Å²) in [5.74, 6) is 2.02. The van der Waals surface area contributed by atoms with Crippen LogP contribution in [-0.4, -0.2) is 27.7 Å². The van der Waals surface area contributed by atoms with Crippen LogP contribution < -0.4 is 5.32 Å². The SMILES string of the molecule is COCc1c(C(=O)Nc2cnc3n2CCCC3)noc1C. The highest BCUT2D eigenvalue weighted by Crippen LogP contribution is 2.21. The third kappa shape index (κ3) is 2.56. The zero-order chi connectivity index (χ0) is 14.8. The molecule has 0 atom stereocenters. The number of carbonyl (C=O) groups is 1. The highest BCUT2D eigenvalue weighted by Gasteiger charge is 2.22. The summed E-state index contributed by atoms with van der Waals surface area (Å²) in [6.45, 7) is 2.94. The second kappa shape index (κ2) is 5.69. The van der Waals surface area contributed by atoms with E-state index in [1.807, 2.05) is 4.57 Å². The van der Waals surface area contributed by atoms with Crippen molar-refractivity contribution in [2.75, 3.05) is 12.4 Å². The molecule has 0 saturated carbocycles. The minimum absolute atomic E-state index is 0.265. The Morgan fingerprint density at radius 1 is 1.52 bits per heavy atom. The second-order valence-corrected chi connectivity index (χ2v) is 5.12. The van der Waals surface area contributed by atoms with E-state index >= 15 is 0 Å². The largest absolute Gasteiger partial charge is 0.380 e. The lowest BCUT2D eigenvalue weighted by Crippen LogP contribution is -2.19. The number of aromatic nitrogens is 3. The van der Waals surface area contributed by atoms with Crippen molar-refractivity contribution in [3.05, 3.63) is 29.0 Å². The van der Waals surface area contributed by atoms with E-state index < -0.39 is 0 Å². The highest BCUT2D eigenvalue weighted by molar-refractivity contribution is 6.03. The summed E-state index contributed by atoms with van der Waals surface area (Å²) in [7, 11) is 1.57. The topological polar surface area (TPSA) is 82.2 Å². The fraction of sp³-hybridized carbons (Fsp3) is 0.500. The van der Waals surface area contributed by atoms with Gasteiger partial charge in [-0.3, -0.25) is 4.79 Å². The average molecular weight is 290 g/mol. The van der Waals surface area contributed by atoms with Gasteiger partial charge in [-0.15, -0.1) is 0 Å². The van der Waals surface area contributed by atoms with Crippen LogP contribution in [0.2, 0.25) is 0 Å². The van der Waals surface area contributed by atoms with Crippen LogP contribution in [0.1, 0.15) is 40.5 Å². The standard InChI is InChI=1S/C14H18N4O3/c1-9-10(8-20-2)13(17-21-9)14(19)16-12-7-15-11-5-3-4-6-18(11)12/h7H,3-6,8H2,1-2H3,(H,16,19). The number of imidazole rings is 1. The van der Waals surface area contributed by atoms with Crippen molar-refractivity contribution in [1.82, 2.24) is 14.7 Å². The lowest BCUT2D eigenvalue weighted by atomic mass is 10.2. The van der Waals surface area contributed by atoms with Gasteiger partial charge in [0, 0.05) is 20.1 Å².